The summed E-state index contributed by atoms with van der Waals surface area (Å²) in [5.74, 6) is -1.96. The highest BCUT2D eigenvalue weighted by atomic mass is 19.2. The van der Waals surface area contributed by atoms with Crippen molar-refractivity contribution in [1.29, 1.82) is 0 Å². The van der Waals surface area contributed by atoms with Gasteiger partial charge in [-0.2, -0.15) is 4.39 Å². The van der Waals surface area contributed by atoms with Crippen LogP contribution in [0.2, 0.25) is 0 Å². The lowest BCUT2D eigenvalue weighted by Gasteiger charge is -2.07. The zero-order valence-electron chi connectivity index (χ0n) is 9.30. The van der Waals surface area contributed by atoms with Crippen LogP contribution >= 0.6 is 0 Å². The minimum atomic E-state index is -0.966. The van der Waals surface area contributed by atoms with Gasteiger partial charge in [-0.05, 0) is 25.0 Å². The Bertz CT molecular complexity index is 376. The molecule has 0 unspecified atom stereocenters. The van der Waals surface area contributed by atoms with E-state index in [-0.39, 0.29) is 11.3 Å². The molecule has 1 rings (SSSR count). The molecule has 0 fully saturated rings. The molecule has 0 bridgehead atoms. The first kappa shape index (κ1) is 12.6. The predicted octanol–water partition coefficient (Wildman–Crippen LogP) is 3.07. The van der Waals surface area contributed by atoms with Gasteiger partial charge in [0.05, 0.1) is 12.9 Å². The number of benzene rings is 1. The van der Waals surface area contributed by atoms with Crippen molar-refractivity contribution in [1.82, 2.24) is 0 Å². The van der Waals surface area contributed by atoms with Crippen LogP contribution in [0.1, 0.15) is 12.5 Å². The third-order valence-corrected chi connectivity index (χ3v) is 2.03. The van der Waals surface area contributed by atoms with Crippen LogP contribution in [-0.2, 0) is 11.2 Å². The fourth-order valence-electron chi connectivity index (χ4n) is 1.21. The lowest BCUT2D eigenvalue weighted by Crippen LogP contribution is -2.01. The number of ether oxygens (including phenoxy) is 2. The van der Waals surface area contributed by atoms with E-state index < -0.39 is 11.6 Å². The fraction of sp³-hybridized carbons (Fsp3) is 0.333. The Hall–Kier alpha value is -1.42. The van der Waals surface area contributed by atoms with Crippen LogP contribution in [0.25, 0.3) is 0 Å². The molecule has 0 radical (unpaired) electrons. The maximum Gasteiger partial charge on any atom is 0.201 e. The lowest BCUT2D eigenvalue weighted by atomic mass is 10.1. The molecule has 0 aliphatic rings. The van der Waals surface area contributed by atoms with E-state index in [0.717, 1.165) is 0 Å². The van der Waals surface area contributed by atoms with Gasteiger partial charge in [0.1, 0.15) is 0 Å². The SMILES string of the molecule is C/C=C/Oc1ccc(CCOC)c(F)c1F. The van der Waals surface area contributed by atoms with Crippen LogP contribution in [0.4, 0.5) is 8.78 Å². The minimum Gasteiger partial charge on any atom is -0.462 e. The van der Waals surface area contributed by atoms with Crippen molar-refractivity contribution >= 4 is 0 Å². The van der Waals surface area contributed by atoms with Gasteiger partial charge >= 0.3 is 0 Å². The van der Waals surface area contributed by atoms with Gasteiger partial charge in [0.15, 0.2) is 11.6 Å². The Morgan fingerprint density at radius 3 is 2.62 bits per heavy atom. The number of allylic oxidation sites excluding steroid dienone is 1. The fourth-order valence-corrected chi connectivity index (χ4v) is 1.21. The van der Waals surface area contributed by atoms with Crippen molar-refractivity contribution in [2.75, 3.05) is 13.7 Å². The third-order valence-electron chi connectivity index (χ3n) is 2.03. The van der Waals surface area contributed by atoms with Crippen molar-refractivity contribution in [3.8, 4) is 5.75 Å². The minimum absolute atomic E-state index is 0.114. The molecule has 0 saturated carbocycles. The van der Waals surface area contributed by atoms with Crippen molar-refractivity contribution in [2.24, 2.45) is 0 Å². The highest BCUT2D eigenvalue weighted by molar-refractivity contribution is 5.31. The second-order valence-electron chi connectivity index (χ2n) is 3.18. The largest absolute Gasteiger partial charge is 0.462 e. The van der Waals surface area contributed by atoms with Crippen LogP contribution in [-0.4, -0.2) is 13.7 Å². The summed E-state index contributed by atoms with van der Waals surface area (Å²) < 4.78 is 36.6. The highest BCUT2D eigenvalue weighted by Gasteiger charge is 2.13. The van der Waals surface area contributed by atoms with Gasteiger partial charge in [-0.3, -0.25) is 0 Å². The molecule has 0 N–H and O–H groups in total. The van der Waals surface area contributed by atoms with Crippen molar-refractivity contribution in [3.05, 3.63) is 41.7 Å². The molecular formula is C12H14F2O2. The van der Waals surface area contributed by atoms with E-state index in [4.69, 9.17) is 9.47 Å². The summed E-state index contributed by atoms with van der Waals surface area (Å²) >= 11 is 0. The summed E-state index contributed by atoms with van der Waals surface area (Å²) in [6, 6.07) is 2.90. The molecule has 4 heteroatoms. The standard InChI is InChI=1S/C12H14F2O2/c1-3-7-16-10-5-4-9(6-8-15-2)11(13)12(10)14/h3-5,7H,6,8H2,1-2H3/b7-3+. The first-order valence-electron chi connectivity index (χ1n) is 4.94. The van der Waals surface area contributed by atoms with Crippen LogP contribution in [0.3, 0.4) is 0 Å². The molecule has 2 nitrogen and oxygen atoms in total. The number of halogens is 2. The van der Waals surface area contributed by atoms with Gasteiger partial charge in [0, 0.05) is 7.11 Å². The molecule has 0 aliphatic carbocycles. The van der Waals surface area contributed by atoms with Crippen LogP contribution in [0.15, 0.2) is 24.5 Å². The lowest BCUT2D eigenvalue weighted by molar-refractivity contribution is 0.201. The van der Waals surface area contributed by atoms with E-state index in [1.165, 1.54) is 25.5 Å². The predicted molar refractivity (Wildman–Crippen MR) is 57.4 cm³/mol. The summed E-state index contributed by atoms with van der Waals surface area (Å²) in [5, 5.41) is 0. The summed E-state index contributed by atoms with van der Waals surface area (Å²) in [6.07, 6.45) is 3.23. The van der Waals surface area contributed by atoms with E-state index in [1.807, 2.05) is 0 Å². The maximum absolute atomic E-state index is 13.5. The molecule has 0 spiro atoms. The average Bonchev–Trinajstić information content (AvgIpc) is 2.30. The highest BCUT2D eigenvalue weighted by Crippen LogP contribution is 2.23. The van der Waals surface area contributed by atoms with E-state index in [1.54, 1.807) is 13.0 Å². The molecule has 0 amide bonds. The molecule has 88 valence electrons. The topological polar surface area (TPSA) is 18.5 Å². The number of hydrogen-bond acceptors (Lipinski definition) is 2. The summed E-state index contributed by atoms with van der Waals surface area (Å²) in [4.78, 5) is 0. The average molecular weight is 228 g/mol. The van der Waals surface area contributed by atoms with Gasteiger partial charge in [-0.15, -0.1) is 0 Å². The first-order valence-corrected chi connectivity index (χ1v) is 4.94. The molecule has 1 aromatic carbocycles. The van der Waals surface area contributed by atoms with Crippen molar-refractivity contribution in [3.63, 3.8) is 0 Å². The Labute approximate surface area is 93.5 Å². The van der Waals surface area contributed by atoms with Crippen molar-refractivity contribution in [2.45, 2.75) is 13.3 Å². The Morgan fingerprint density at radius 1 is 1.25 bits per heavy atom. The maximum atomic E-state index is 13.5. The van der Waals surface area contributed by atoms with Gasteiger partial charge < -0.3 is 9.47 Å². The Balaban J connectivity index is 2.89. The molecule has 0 saturated heterocycles. The molecule has 0 heterocycles. The quantitative estimate of drug-likeness (QED) is 0.721. The number of hydrogen-bond donors (Lipinski definition) is 0. The van der Waals surface area contributed by atoms with Gasteiger partial charge in [0.2, 0.25) is 5.82 Å². The van der Waals surface area contributed by atoms with E-state index in [2.05, 4.69) is 0 Å². The first-order chi connectivity index (χ1) is 7.70. The number of methoxy groups -OCH3 is 1. The third kappa shape index (κ3) is 3.03. The zero-order chi connectivity index (χ0) is 12.0. The summed E-state index contributed by atoms with van der Waals surface area (Å²) in [7, 11) is 1.51. The molecule has 0 aromatic heterocycles. The Kier molecular flexibility index (Phi) is 4.92. The second-order valence-corrected chi connectivity index (χ2v) is 3.18. The van der Waals surface area contributed by atoms with Gasteiger partial charge in [0.25, 0.3) is 0 Å². The van der Waals surface area contributed by atoms with Crippen LogP contribution in [0, 0.1) is 11.6 Å². The van der Waals surface area contributed by atoms with Gasteiger partial charge in [-0.1, -0.05) is 12.1 Å². The summed E-state index contributed by atoms with van der Waals surface area (Å²) in [5.41, 5.74) is 0.284. The molecule has 16 heavy (non-hydrogen) atoms. The van der Waals surface area contributed by atoms with E-state index in [0.29, 0.717) is 13.0 Å². The number of rotatable bonds is 5. The monoisotopic (exact) mass is 228 g/mol. The molecule has 0 aliphatic heterocycles. The normalized spacial score (nSPS) is 11.0. The van der Waals surface area contributed by atoms with E-state index >= 15 is 0 Å². The van der Waals surface area contributed by atoms with Crippen LogP contribution in [0.5, 0.6) is 5.75 Å². The second kappa shape index (κ2) is 6.23. The molecule has 0 atom stereocenters. The smallest absolute Gasteiger partial charge is 0.201 e. The molecule has 1 aromatic rings. The summed E-state index contributed by atoms with van der Waals surface area (Å²) in [6.45, 7) is 2.08. The Morgan fingerprint density at radius 2 is 2.00 bits per heavy atom. The molecular weight excluding hydrogens is 214 g/mol. The van der Waals surface area contributed by atoms with Crippen molar-refractivity contribution < 1.29 is 18.3 Å². The van der Waals surface area contributed by atoms with Gasteiger partial charge in [-0.25, -0.2) is 4.39 Å². The van der Waals surface area contributed by atoms with E-state index in [9.17, 15) is 8.78 Å². The zero-order valence-corrected chi connectivity index (χ0v) is 9.30. The van der Waals surface area contributed by atoms with Crippen LogP contribution < -0.4 is 4.74 Å².